The lowest BCUT2D eigenvalue weighted by Crippen LogP contribution is -2.23. The Morgan fingerprint density at radius 1 is 1.17 bits per heavy atom. The van der Waals surface area contributed by atoms with Crippen molar-refractivity contribution in [2.45, 2.75) is 26.6 Å². The fourth-order valence-electron chi connectivity index (χ4n) is 4.34. The molecule has 0 atom stereocenters. The number of carbonyl (C=O) groups is 1. The Hall–Kier alpha value is -4.24. The summed E-state index contributed by atoms with van der Waals surface area (Å²) < 4.78 is 26.5. The topological polar surface area (TPSA) is 102 Å². The van der Waals surface area contributed by atoms with E-state index in [4.69, 9.17) is 9.47 Å². The number of nitrogens with one attached hydrogen (secondary N) is 1. The van der Waals surface area contributed by atoms with Gasteiger partial charge in [-0.2, -0.15) is 0 Å². The average Bonchev–Trinajstić information content (AvgIpc) is 3.13. The van der Waals surface area contributed by atoms with Crippen LogP contribution in [0.25, 0.3) is 10.9 Å². The van der Waals surface area contributed by atoms with Crippen LogP contribution >= 0.6 is 0 Å². The Labute approximate surface area is 199 Å². The van der Waals surface area contributed by atoms with Gasteiger partial charge < -0.3 is 24.5 Å². The van der Waals surface area contributed by atoms with Crippen LogP contribution in [0.2, 0.25) is 0 Å². The van der Waals surface area contributed by atoms with Gasteiger partial charge in [0, 0.05) is 28.6 Å². The molecular formula is C26H22FN3O5. The summed E-state index contributed by atoms with van der Waals surface area (Å²) in [5.74, 6) is -0.704. The van der Waals surface area contributed by atoms with E-state index in [1.54, 1.807) is 18.2 Å². The Morgan fingerprint density at radius 2 is 2.00 bits per heavy atom. The summed E-state index contributed by atoms with van der Waals surface area (Å²) in [6.07, 6.45) is 0. The molecule has 3 aromatic carbocycles. The van der Waals surface area contributed by atoms with Crippen LogP contribution in [0.1, 0.15) is 32.6 Å². The molecule has 35 heavy (non-hydrogen) atoms. The molecule has 5 rings (SSSR count). The molecule has 1 aliphatic rings. The van der Waals surface area contributed by atoms with Crippen LogP contribution in [0.5, 0.6) is 11.6 Å². The second-order valence-corrected chi connectivity index (χ2v) is 8.35. The van der Waals surface area contributed by atoms with E-state index < -0.39 is 5.82 Å². The molecule has 0 bridgehead atoms. The summed E-state index contributed by atoms with van der Waals surface area (Å²) in [7, 11) is 0. The van der Waals surface area contributed by atoms with Crippen LogP contribution in [0.4, 0.5) is 10.1 Å². The van der Waals surface area contributed by atoms with E-state index in [0.29, 0.717) is 39.9 Å². The van der Waals surface area contributed by atoms with Crippen molar-refractivity contribution in [3.63, 3.8) is 0 Å². The van der Waals surface area contributed by atoms with Crippen LogP contribution in [0, 0.1) is 17.6 Å². The first kappa shape index (κ1) is 22.5. The zero-order valence-corrected chi connectivity index (χ0v) is 18.9. The van der Waals surface area contributed by atoms with Crippen LogP contribution in [0.15, 0.2) is 59.8 Å². The molecule has 1 aromatic heterocycles. The Morgan fingerprint density at radius 3 is 2.80 bits per heavy atom. The van der Waals surface area contributed by atoms with Crippen molar-refractivity contribution in [1.82, 2.24) is 9.88 Å². The summed E-state index contributed by atoms with van der Waals surface area (Å²) in [5, 5.41) is 17.0. The van der Waals surface area contributed by atoms with Crippen molar-refractivity contribution in [3.8, 4) is 11.6 Å². The van der Waals surface area contributed by atoms with Crippen molar-refractivity contribution in [1.29, 1.82) is 0 Å². The second kappa shape index (κ2) is 9.19. The number of fused-ring (bicyclic) bond motifs is 2. The van der Waals surface area contributed by atoms with E-state index in [-0.39, 0.29) is 37.4 Å². The van der Waals surface area contributed by atoms with Gasteiger partial charge in [0.05, 0.1) is 18.7 Å². The summed E-state index contributed by atoms with van der Waals surface area (Å²) in [5.41, 5.74) is 3.67. The fraction of sp³-hybridized carbons (Fsp3) is 0.192. The van der Waals surface area contributed by atoms with Crippen molar-refractivity contribution >= 4 is 22.5 Å². The quantitative estimate of drug-likeness (QED) is 0.381. The van der Waals surface area contributed by atoms with Gasteiger partial charge in [-0.3, -0.25) is 4.79 Å². The van der Waals surface area contributed by atoms with E-state index in [1.807, 2.05) is 31.2 Å². The Kier molecular flexibility index (Phi) is 5.92. The van der Waals surface area contributed by atoms with Crippen molar-refractivity contribution < 1.29 is 23.8 Å². The molecule has 9 heteroatoms. The lowest BCUT2D eigenvalue weighted by molar-refractivity contribution is -0.0173. The number of aryl methyl sites for hydroxylation is 1. The number of benzene rings is 3. The van der Waals surface area contributed by atoms with Crippen LogP contribution in [-0.2, 0) is 24.4 Å². The van der Waals surface area contributed by atoms with E-state index in [2.05, 4.69) is 10.5 Å². The SMILES string of the molecule is Cc1ccccc1CNC(=O)c1ccc2c(N=O)c(O)n(Cc3cc(F)cc4c3OCOC4)c2c1. The van der Waals surface area contributed by atoms with Crippen LogP contribution < -0.4 is 10.1 Å². The number of nitrogens with zero attached hydrogens (tertiary/aromatic N) is 2. The predicted octanol–water partition coefficient (Wildman–Crippen LogP) is 5.04. The highest BCUT2D eigenvalue weighted by molar-refractivity contribution is 6.02. The van der Waals surface area contributed by atoms with Gasteiger partial charge in [-0.25, -0.2) is 4.39 Å². The number of aromatic hydroxyl groups is 1. The maximum absolute atomic E-state index is 14.3. The fourth-order valence-corrected chi connectivity index (χ4v) is 4.34. The van der Waals surface area contributed by atoms with Gasteiger partial charge in [0.15, 0.2) is 12.5 Å². The number of aromatic nitrogens is 1. The Bertz CT molecular complexity index is 1460. The summed E-state index contributed by atoms with van der Waals surface area (Å²) in [6, 6.07) is 15.1. The molecule has 2 heterocycles. The molecule has 0 aliphatic carbocycles. The standard InChI is InChI=1S/C26H22FN3O5/c1-15-4-2-3-5-17(15)11-28-25(31)16-6-7-21-22(10-16)30(26(32)23(21)29-33)12-18-8-20(27)9-19-13-34-14-35-24(18)19/h2-10,32H,11-14H2,1H3,(H,28,31). The molecule has 0 spiro atoms. The van der Waals surface area contributed by atoms with Crippen molar-refractivity contribution in [3.05, 3.63) is 93.1 Å². The third-order valence-electron chi connectivity index (χ3n) is 6.15. The number of halogens is 1. The predicted molar refractivity (Wildman–Crippen MR) is 127 cm³/mol. The molecule has 1 aliphatic heterocycles. The normalized spacial score (nSPS) is 12.7. The lowest BCUT2D eigenvalue weighted by Gasteiger charge is -2.21. The Balaban J connectivity index is 1.51. The summed E-state index contributed by atoms with van der Waals surface area (Å²) in [6.45, 7) is 2.54. The van der Waals surface area contributed by atoms with Crippen molar-refractivity contribution in [2.24, 2.45) is 5.18 Å². The van der Waals surface area contributed by atoms with Gasteiger partial charge in [-0.05, 0) is 53.6 Å². The first-order valence-electron chi connectivity index (χ1n) is 11.0. The molecule has 0 saturated heterocycles. The number of ether oxygens (including phenoxy) is 2. The van der Waals surface area contributed by atoms with Gasteiger partial charge >= 0.3 is 0 Å². The molecule has 1 amide bonds. The molecule has 0 fully saturated rings. The van der Waals surface area contributed by atoms with Gasteiger partial charge in [-0.1, -0.05) is 24.3 Å². The molecule has 0 saturated carbocycles. The number of nitroso groups, excluding NO2 is 1. The maximum Gasteiger partial charge on any atom is 0.251 e. The summed E-state index contributed by atoms with van der Waals surface area (Å²) in [4.78, 5) is 24.4. The zero-order valence-electron chi connectivity index (χ0n) is 18.9. The van der Waals surface area contributed by atoms with E-state index >= 15 is 0 Å². The summed E-state index contributed by atoms with van der Waals surface area (Å²) >= 11 is 0. The van der Waals surface area contributed by atoms with Crippen LogP contribution in [-0.4, -0.2) is 22.4 Å². The van der Waals surface area contributed by atoms with E-state index in [1.165, 1.54) is 16.7 Å². The monoisotopic (exact) mass is 475 g/mol. The number of carbonyl (C=O) groups excluding carboxylic acids is 1. The van der Waals surface area contributed by atoms with Crippen LogP contribution in [0.3, 0.4) is 0 Å². The molecule has 0 radical (unpaired) electrons. The first-order valence-corrected chi connectivity index (χ1v) is 11.0. The van der Waals surface area contributed by atoms with E-state index in [0.717, 1.165) is 11.1 Å². The molecule has 4 aromatic rings. The molecular weight excluding hydrogens is 453 g/mol. The largest absolute Gasteiger partial charge is 0.493 e. The molecule has 178 valence electrons. The molecule has 0 unspecified atom stereocenters. The van der Waals surface area contributed by atoms with Gasteiger partial charge in [0.25, 0.3) is 5.91 Å². The number of amides is 1. The lowest BCUT2D eigenvalue weighted by atomic mass is 10.1. The molecule has 8 nitrogen and oxygen atoms in total. The van der Waals surface area contributed by atoms with Gasteiger partial charge in [0.1, 0.15) is 11.6 Å². The average molecular weight is 475 g/mol. The third kappa shape index (κ3) is 4.22. The smallest absolute Gasteiger partial charge is 0.251 e. The highest BCUT2D eigenvalue weighted by Gasteiger charge is 2.23. The minimum absolute atomic E-state index is 0.00771. The zero-order chi connectivity index (χ0) is 24.5. The number of hydrogen-bond acceptors (Lipinski definition) is 6. The van der Waals surface area contributed by atoms with Gasteiger partial charge in [0.2, 0.25) is 5.88 Å². The first-order chi connectivity index (χ1) is 17.0. The third-order valence-corrected chi connectivity index (χ3v) is 6.15. The minimum atomic E-state index is -0.478. The molecule has 2 N–H and O–H groups in total. The van der Waals surface area contributed by atoms with Crippen molar-refractivity contribution in [2.75, 3.05) is 6.79 Å². The number of rotatable bonds is 6. The van der Waals surface area contributed by atoms with E-state index in [9.17, 15) is 19.2 Å². The minimum Gasteiger partial charge on any atom is -0.493 e. The highest BCUT2D eigenvalue weighted by Crippen LogP contribution is 2.40. The van der Waals surface area contributed by atoms with Gasteiger partial charge in [-0.15, -0.1) is 4.91 Å². The maximum atomic E-state index is 14.3. The highest BCUT2D eigenvalue weighted by atomic mass is 19.1. The second-order valence-electron chi connectivity index (χ2n) is 8.35. The number of hydrogen-bond donors (Lipinski definition) is 2.